The molecule has 0 fully saturated rings. The highest BCUT2D eigenvalue weighted by Gasteiger charge is 2.22. The molecule has 0 radical (unpaired) electrons. The minimum absolute atomic E-state index is 0.170. The quantitative estimate of drug-likeness (QED) is 0.753. The highest BCUT2D eigenvalue weighted by atomic mass is 19.1. The van der Waals surface area contributed by atoms with E-state index in [4.69, 9.17) is 0 Å². The first-order valence-corrected chi connectivity index (χ1v) is 6.65. The molecule has 19 heavy (non-hydrogen) atoms. The predicted molar refractivity (Wildman–Crippen MR) is 72.5 cm³/mol. The molecule has 1 aromatic carbocycles. The van der Waals surface area contributed by atoms with E-state index in [9.17, 15) is 9.18 Å². The van der Waals surface area contributed by atoms with Crippen LogP contribution in [-0.2, 0) is 12.8 Å². The van der Waals surface area contributed by atoms with E-state index in [0.717, 1.165) is 41.0 Å². The highest BCUT2D eigenvalue weighted by Crippen LogP contribution is 2.30. The fourth-order valence-electron chi connectivity index (χ4n) is 2.90. The molecule has 3 heteroatoms. The van der Waals surface area contributed by atoms with Gasteiger partial charge in [-0.3, -0.25) is 4.79 Å². The first-order valence-electron chi connectivity index (χ1n) is 6.65. The van der Waals surface area contributed by atoms with Gasteiger partial charge in [-0.15, -0.1) is 0 Å². The Kier molecular flexibility index (Phi) is 2.77. The summed E-state index contributed by atoms with van der Waals surface area (Å²) in [7, 11) is 0. The zero-order chi connectivity index (χ0) is 13.6. The maximum atomic E-state index is 13.3. The first kappa shape index (κ1) is 12.2. The van der Waals surface area contributed by atoms with E-state index >= 15 is 0 Å². The summed E-state index contributed by atoms with van der Waals surface area (Å²) in [5.74, 6) is -0.0278. The molecule has 0 saturated heterocycles. The monoisotopic (exact) mass is 257 g/mol. The lowest BCUT2D eigenvalue weighted by Gasteiger charge is -2.21. The average molecular weight is 257 g/mol. The van der Waals surface area contributed by atoms with Crippen LogP contribution in [0.2, 0.25) is 0 Å². The second-order valence-electron chi connectivity index (χ2n) is 5.02. The van der Waals surface area contributed by atoms with Gasteiger partial charge in [0.25, 0.3) is 0 Å². The number of fused-ring (bicyclic) bond motifs is 3. The summed E-state index contributed by atoms with van der Waals surface area (Å²) in [5.41, 5.74) is 4.94. The van der Waals surface area contributed by atoms with E-state index in [-0.39, 0.29) is 11.6 Å². The van der Waals surface area contributed by atoms with Crippen molar-refractivity contribution in [2.45, 2.75) is 33.1 Å². The third-order valence-corrected chi connectivity index (χ3v) is 3.88. The van der Waals surface area contributed by atoms with Crippen LogP contribution in [-0.4, -0.2) is 10.4 Å². The summed E-state index contributed by atoms with van der Waals surface area (Å²) in [4.78, 5) is 11.9. The molecule has 0 spiro atoms. The van der Waals surface area contributed by atoms with Crippen LogP contribution < -0.4 is 0 Å². The summed E-state index contributed by atoms with van der Waals surface area (Å²) < 4.78 is 15.4. The number of rotatable bonds is 2. The van der Waals surface area contributed by atoms with E-state index in [1.165, 1.54) is 6.07 Å². The molecule has 2 nitrogen and oxygen atoms in total. The fourth-order valence-corrected chi connectivity index (χ4v) is 2.90. The fraction of sp³-hybridized carbons (Fsp3) is 0.312. The number of nitrogens with zero attached hydrogens (tertiary/aromatic N) is 1. The van der Waals surface area contributed by atoms with Gasteiger partial charge < -0.3 is 4.57 Å². The van der Waals surface area contributed by atoms with Crippen molar-refractivity contribution in [3.8, 4) is 5.69 Å². The van der Waals surface area contributed by atoms with Crippen LogP contribution >= 0.6 is 0 Å². The van der Waals surface area contributed by atoms with Crippen molar-refractivity contribution in [1.29, 1.82) is 0 Å². The van der Waals surface area contributed by atoms with Gasteiger partial charge in [0, 0.05) is 29.1 Å². The van der Waals surface area contributed by atoms with Crippen LogP contribution in [0.25, 0.3) is 5.69 Å². The number of aromatic nitrogens is 1. The molecule has 1 aliphatic heterocycles. The maximum Gasteiger partial charge on any atom is 0.164 e. The summed E-state index contributed by atoms with van der Waals surface area (Å²) in [6.07, 6.45) is 2.20. The number of hydrogen-bond acceptors (Lipinski definition) is 1. The molecule has 1 aromatic heterocycles. The number of carbonyl (C=O) groups is 1. The molecule has 3 rings (SSSR count). The van der Waals surface area contributed by atoms with Crippen molar-refractivity contribution in [1.82, 2.24) is 4.57 Å². The molecule has 0 unspecified atom stereocenters. The lowest BCUT2D eigenvalue weighted by atomic mass is 10.0. The molecule has 0 N–H and O–H groups in total. The Morgan fingerprint density at radius 1 is 1.32 bits per heavy atom. The third kappa shape index (κ3) is 1.81. The molecular formula is C16H16FNO. The van der Waals surface area contributed by atoms with Crippen LogP contribution in [0, 0.1) is 12.7 Å². The number of hydrogen-bond donors (Lipinski definition) is 0. The molecule has 0 amide bonds. The van der Waals surface area contributed by atoms with Gasteiger partial charge in [-0.2, -0.15) is 0 Å². The van der Waals surface area contributed by atoms with Gasteiger partial charge in [0.2, 0.25) is 0 Å². The Hall–Kier alpha value is -1.90. The molecule has 98 valence electrons. The minimum Gasteiger partial charge on any atom is -0.317 e. The van der Waals surface area contributed by atoms with Gasteiger partial charge in [0.1, 0.15) is 5.82 Å². The Morgan fingerprint density at radius 2 is 2.11 bits per heavy atom. The summed E-state index contributed by atoms with van der Waals surface area (Å²) in [6, 6.07) is 6.88. The molecule has 0 atom stereocenters. The number of aryl methyl sites for hydroxylation is 2. The van der Waals surface area contributed by atoms with Gasteiger partial charge in [-0.05, 0) is 49.6 Å². The van der Waals surface area contributed by atoms with Crippen molar-refractivity contribution in [3.63, 3.8) is 0 Å². The second kappa shape index (κ2) is 4.34. The molecule has 1 aliphatic rings. The van der Waals surface area contributed by atoms with E-state index in [2.05, 4.69) is 4.57 Å². The number of ketones is 1. The van der Waals surface area contributed by atoms with Gasteiger partial charge >= 0.3 is 0 Å². The third-order valence-electron chi connectivity index (χ3n) is 3.88. The van der Waals surface area contributed by atoms with Crippen LogP contribution in [0.1, 0.15) is 40.7 Å². The van der Waals surface area contributed by atoms with Crippen LogP contribution in [0.5, 0.6) is 0 Å². The first-order chi connectivity index (χ1) is 9.11. The molecule has 0 bridgehead atoms. The van der Waals surface area contributed by atoms with E-state index < -0.39 is 0 Å². The predicted octanol–water partition coefficient (Wildman–Crippen LogP) is 3.62. The number of carbonyl (C=O) groups excluding carboxylic acids is 1. The van der Waals surface area contributed by atoms with E-state index in [1.807, 2.05) is 19.9 Å². The summed E-state index contributed by atoms with van der Waals surface area (Å²) >= 11 is 0. The van der Waals surface area contributed by atoms with Crippen molar-refractivity contribution >= 4 is 5.78 Å². The second-order valence-corrected chi connectivity index (χ2v) is 5.02. The number of Topliss-reactive ketones (excluding diaryl/α,β-unsaturated/α-hetero) is 1. The molecule has 2 heterocycles. The SMILES string of the molecule is CCC(=O)c1cc2n(c1C)-c1ccc(F)cc1CC2. The van der Waals surface area contributed by atoms with Gasteiger partial charge in [0.15, 0.2) is 5.78 Å². The Labute approximate surface area is 111 Å². The maximum absolute atomic E-state index is 13.3. The van der Waals surface area contributed by atoms with Crippen LogP contribution in [0.4, 0.5) is 4.39 Å². The van der Waals surface area contributed by atoms with Crippen molar-refractivity contribution in [2.75, 3.05) is 0 Å². The zero-order valence-corrected chi connectivity index (χ0v) is 11.2. The van der Waals surface area contributed by atoms with Crippen molar-refractivity contribution in [3.05, 3.63) is 52.6 Å². The molecular weight excluding hydrogens is 241 g/mol. The molecule has 2 aromatic rings. The standard InChI is InChI=1S/C16H16FNO/c1-3-16(19)14-9-13-6-4-11-8-12(17)5-7-15(11)18(13)10(14)2/h5,7-9H,3-4,6H2,1-2H3. The Bertz CT molecular complexity index is 670. The lowest BCUT2D eigenvalue weighted by Crippen LogP contribution is -2.13. The van der Waals surface area contributed by atoms with Crippen molar-refractivity contribution in [2.24, 2.45) is 0 Å². The van der Waals surface area contributed by atoms with Gasteiger partial charge in [-0.25, -0.2) is 4.39 Å². The van der Waals surface area contributed by atoms with Gasteiger partial charge in [-0.1, -0.05) is 6.92 Å². The zero-order valence-electron chi connectivity index (χ0n) is 11.2. The van der Waals surface area contributed by atoms with E-state index in [1.54, 1.807) is 12.1 Å². The highest BCUT2D eigenvalue weighted by molar-refractivity contribution is 5.97. The average Bonchev–Trinajstić information content (AvgIpc) is 2.75. The minimum atomic E-state index is -0.197. The number of benzene rings is 1. The Morgan fingerprint density at radius 3 is 2.84 bits per heavy atom. The lowest BCUT2D eigenvalue weighted by molar-refractivity contribution is 0.0987. The van der Waals surface area contributed by atoms with Crippen LogP contribution in [0.3, 0.4) is 0 Å². The summed E-state index contributed by atoms with van der Waals surface area (Å²) in [5, 5.41) is 0. The van der Waals surface area contributed by atoms with Crippen molar-refractivity contribution < 1.29 is 9.18 Å². The van der Waals surface area contributed by atoms with Crippen LogP contribution in [0.15, 0.2) is 24.3 Å². The number of halogens is 1. The Balaban J connectivity index is 2.21. The van der Waals surface area contributed by atoms with E-state index in [0.29, 0.717) is 6.42 Å². The molecule has 0 aliphatic carbocycles. The molecule has 0 saturated carbocycles. The van der Waals surface area contributed by atoms with Gasteiger partial charge in [0.05, 0.1) is 0 Å². The normalized spacial score (nSPS) is 13.0. The smallest absolute Gasteiger partial charge is 0.164 e. The largest absolute Gasteiger partial charge is 0.317 e. The summed E-state index contributed by atoms with van der Waals surface area (Å²) in [6.45, 7) is 3.84. The topological polar surface area (TPSA) is 22.0 Å².